The number of nitrogens with one attached hydrogen (secondary N) is 1. The smallest absolute Gasteiger partial charge is 0.322 e. The average Bonchev–Trinajstić information content (AvgIpc) is 3.24. The van der Waals surface area contributed by atoms with Crippen LogP contribution in [0.25, 0.3) is 11.6 Å². The van der Waals surface area contributed by atoms with Gasteiger partial charge in [0, 0.05) is 12.2 Å². The van der Waals surface area contributed by atoms with E-state index in [1.807, 2.05) is 45.2 Å². The van der Waals surface area contributed by atoms with E-state index in [1.54, 1.807) is 17.9 Å². The second-order valence-corrected chi connectivity index (χ2v) is 6.22. The first-order valence-corrected chi connectivity index (χ1v) is 8.28. The lowest BCUT2D eigenvalue weighted by atomic mass is 10.1. The molecule has 0 fully saturated rings. The summed E-state index contributed by atoms with van der Waals surface area (Å²) in [5, 5.41) is 14.8. The highest BCUT2D eigenvalue weighted by Gasteiger charge is 2.14. The summed E-state index contributed by atoms with van der Waals surface area (Å²) in [6.07, 6.45) is 2.04. The van der Waals surface area contributed by atoms with Gasteiger partial charge in [-0.2, -0.15) is 5.10 Å². The first-order valence-electron chi connectivity index (χ1n) is 8.28. The Bertz CT molecular complexity index is 913. The molecule has 1 amide bonds. The van der Waals surface area contributed by atoms with E-state index in [9.17, 15) is 4.79 Å². The Morgan fingerprint density at radius 2 is 2.12 bits per heavy atom. The lowest BCUT2D eigenvalue weighted by Crippen LogP contribution is -2.14. The molecule has 0 aliphatic carbocycles. The number of benzene rings is 1. The van der Waals surface area contributed by atoms with E-state index in [-0.39, 0.29) is 30.3 Å². The van der Waals surface area contributed by atoms with Crippen LogP contribution in [0.4, 0.5) is 6.01 Å². The molecule has 8 nitrogen and oxygen atoms in total. The third kappa shape index (κ3) is 3.90. The first-order chi connectivity index (χ1) is 12.5. The maximum Gasteiger partial charge on any atom is 0.322 e. The van der Waals surface area contributed by atoms with Crippen LogP contribution < -0.4 is 10.1 Å². The molecule has 0 aliphatic heterocycles. The van der Waals surface area contributed by atoms with Crippen LogP contribution in [-0.4, -0.2) is 33.0 Å². The van der Waals surface area contributed by atoms with Gasteiger partial charge in [-0.15, -0.1) is 5.10 Å². The summed E-state index contributed by atoms with van der Waals surface area (Å²) in [4.78, 5) is 12.2. The highest BCUT2D eigenvalue weighted by Crippen LogP contribution is 2.20. The number of rotatable bonds is 6. The van der Waals surface area contributed by atoms with E-state index in [1.165, 1.54) is 0 Å². The molecule has 1 aromatic carbocycles. The number of aryl methyl sites for hydroxylation is 1. The summed E-state index contributed by atoms with van der Waals surface area (Å²) >= 11 is 0. The number of ether oxygens (including phenoxy) is 1. The van der Waals surface area contributed by atoms with Crippen LogP contribution >= 0.6 is 0 Å². The molecule has 0 unspecified atom stereocenters. The fourth-order valence-corrected chi connectivity index (χ4v) is 2.52. The van der Waals surface area contributed by atoms with Gasteiger partial charge >= 0.3 is 6.01 Å². The molecule has 3 rings (SSSR count). The number of amides is 1. The predicted molar refractivity (Wildman–Crippen MR) is 96.0 cm³/mol. The number of nitrogens with zero attached hydrogens (tertiary/aromatic N) is 4. The molecule has 26 heavy (non-hydrogen) atoms. The maximum absolute atomic E-state index is 12.2. The van der Waals surface area contributed by atoms with Crippen molar-refractivity contribution in [2.75, 3.05) is 12.4 Å². The second-order valence-electron chi connectivity index (χ2n) is 6.22. The average molecular weight is 355 g/mol. The molecule has 1 N–H and O–H groups in total. The third-order valence-corrected chi connectivity index (χ3v) is 3.85. The number of carbonyl (C=O) groups is 1. The lowest BCUT2D eigenvalue weighted by Gasteiger charge is -2.06. The lowest BCUT2D eigenvalue weighted by molar-refractivity contribution is -0.115. The number of methoxy groups -OCH3 is 1. The highest BCUT2D eigenvalue weighted by atomic mass is 16.5. The van der Waals surface area contributed by atoms with E-state index >= 15 is 0 Å². The van der Waals surface area contributed by atoms with Crippen molar-refractivity contribution in [3.05, 3.63) is 41.6 Å². The zero-order valence-electron chi connectivity index (χ0n) is 15.2. The van der Waals surface area contributed by atoms with E-state index in [0.717, 1.165) is 16.9 Å². The third-order valence-electron chi connectivity index (χ3n) is 3.85. The minimum Gasteiger partial charge on any atom is -0.496 e. The Morgan fingerprint density at radius 3 is 2.77 bits per heavy atom. The molecule has 8 heteroatoms. The van der Waals surface area contributed by atoms with Gasteiger partial charge in [-0.1, -0.05) is 17.2 Å². The van der Waals surface area contributed by atoms with Crippen molar-refractivity contribution in [2.24, 2.45) is 0 Å². The number of carbonyl (C=O) groups excluding carboxylic acids is 1. The predicted octanol–water partition coefficient (Wildman–Crippen LogP) is 3.01. The van der Waals surface area contributed by atoms with Crippen LogP contribution in [0.5, 0.6) is 5.75 Å². The Morgan fingerprint density at radius 1 is 1.31 bits per heavy atom. The van der Waals surface area contributed by atoms with Crippen molar-refractivity contribution in [1.29, 1.82) is 0 Å². The van der Waals surface area contributed by atoms with Gasteiger partial charge in [0.25, 0.3) is 5.89 Å². The van der Waals surface area contributed by atoms with Gasteiger partial charge in [0.1, 0.15) is 11.4 Å². The van der Waals surface area contributed by atoms with Crippen molar-refractivity contribution in [3.63, 3.8) is 0 Å². The zero-order valence-corrected chi connectivity index (χ0v) is 15.2. The Labute approximate surface area is 151 Å². The maximum atomic E-state index is 12.2. The Hall–Kier alpha value is -3.16. The van der Waals surface area contributed by atoms with E-state index in [0.29, 0.717) is 5.69 Å². The zero-order chi connectivity index (χ0) is 18.7. The largest absolute Gasteiger partial charge is 0.496 e. The molecule has 0 atom stereocenters. The van der Waals surface area contributed by atoms with Crippen LogP contribution in [0.2, 0.25) is 0 Å². The molecule has 0 saturated heterocycles. The van der Waals surface area contributed by atoms with E-state index in [2.05, 4.69) is 20.6 Å². The first kappa shape index (κ1) is 17.7. The minimum atomic E-state index is -0.238. The normalized spacial score (nSPS) is 11.0. The van der Waals surface area contributed by atoms with Crippen LogP contribution in [0, 0.1) is 6.92 Å². The summed E-state index contributed by atoms with van der Waals surface area (Å²) < 4.78 is 12.5. The topological polar surface area (TPSA) is 95.1 Å². The molecule has 0 spiro atoms. The van der Waals surface area contributed by atoms with Gasteiger partial charge < -0.3 is 9.15 Å². The van der Waals surface area contributed by atoms with E-state index in [4.69, 9.17) is 9.15 Å². The molecule has 2 aromatic heterocycles. The molecular formula is C18H21N5O3. The van der Waals surface area contributed by atoms with Crippen molar-refractivity contribution >= 4 is 11.9 Å². The van der Waals surface area contributed by atoms with Gasteiger partial charge in [0.15, 0.2) is 0 Å². The summed E-state index contributed by atoms with van der Waals surface area (Å²) in [7, 11) is 1.62. The molecule has 0 saturated carbocycles. The highest BCUT2D eigenvalue weighted by molar-refractivity contribution is 5.90. The molecule has 2 heterocycles. The van der Waals surface area contributed by atoms with Crippen molar-refractivity contribution in [2.45, 2.75) is 33.2 Å². The van der Waals surface area contributed by atoms with Gasteiger partial charge in [-0.05, 0) is 44.0 Å². The van der Waals surface area contributed by atoms with Gasteiger partial charge in [0.2, 0.25) is 5.91 Å². The second kappa shape index (κ2) is 7.38. The Kier molecular flexibility index (Phi) is 5.01. The van der Waals surface area contributed by atoms with E-state index < -0.39 is 0 Å². The number of hydrogen-bond acceptors (Lipinski definition) is 6. The summed E-state index contributed by atoms with van der Waals surface area (Å²) in [5.41, 5.74) is 2.41. The van der Waals surface area contributed by atoms with Crippen LogP contribution in [-0.2, 0) is 11.2 Å². The molecule has 136 valence electrons. The van der Waals surface area contributed by atoms with Gasteiger partial charge in [-0.3, -0.25) is 14.8 Å². The SMILES string of the molecule is COc1ccc(CC(=O)Nc2nnc(-c3ccn(C(C)C)n3)o2)cc1C. The standard InChI is InChI=1S/C18H21N5O3/c1-11(2)23-8-7-14(22-23)17-20-21-18(26-17)19-16(24)10-13-5-6-15(25-4)12(3)9-13/h5-9,11H,10H2,1-4H3,(H,19,21,24). The molecule has 0 radical (unpaired) electrons. The van der Waals surface area contributed by atoms with Crippen LogP contribution in [0.15, 0.2) is 34.9 Å². The fourth-order valence-electron chi connectivity index (χ4n) is 2.52. The molecule has 0 aliphatic rings. The van der Waals surface area contributed by atoms with Crippen molar-refractivity contribution in [3.8, 4) is 17.3 Å². The van der Waals surface area contributed by atoms with Crippen LogP contribution in [0.1, 0.15) is 31.0 Å². The number of aromatic nitrogens is 4. The summed E-state index contributed by atoms with van der Waals surface area (Å²) in [6.45, 7) is 5.98. The quantitative estimate of drug-likeness (QED) is 0.730. The monoisotopic (exact) mass is 355 g/mol. The summed E-state index contributed by atoms with van der Waals surface area (Å²) in [5.74, 6) is 0.814. The minimum absolute atomic E-state index is 0.0503. The number of anilines is 1. The van der Waals surface area contributed by atoms with Crippen LogP contribution in [0.3, 0.4) is 0 Å². The fraction of sp³-hybridized carbons (Fsp3) is 0.333. The number of hydrogen-bond donors (Lipinski definition) is 1. The molecular weight excluding hydrogens is 334 g/mol. The molecule has 0 bridgehead atoms. The van der Waals surface area contributed by atoms with Gasteiger partial charge in [-0.25, -0.2) is 0 Å². The summed E-state index contributed by atoms with van der Waals surface area (Å²) in [6, 6.07) is 7.68. The Balaban J connectivity index is 1.64. The van der Waals surface area contributed by atoms with Gasteiger partial charge in [0.05, 0.1) is 13.5 Å². The molecule has 3 aromatic rings. The van der Waals surface area contributed by atoms with Crippen molar-refractivity contribution in [1.82, 2.24) is 20.0 Å². The van der Waals surface area contributed by atoms with Crippen molar-refractivity contribution < 1.29 is 13.9 Å².